The van der Waals surface area contributed by atoms with Gasteiger partial charge in [-0.3, -0.25) is 4.90 Å². The molecule has 1 aromatic rings. The van der Waals surface area contributed by atoms with Crippen LogP contribution >= 0.6 is 11.3 Å². The van der Waals surface area contributed by atoms with E-state index in [1.54, 1.807) is 11.3 Å². The van der Waals surface area contributed by atoms with E-state index in [0.29, 0.717) is 0 Å². The zero-order valence-corrected chi connectivity index (χ0v) is 14.3. The third kappa shape index (κ3) is 6.77. The molecule has 2 N–H and O–H groups in total. The van der Waals surface area contributed by atoms with Gasteiger partial charge in [-0.2, -0.15) is 11.3 Å². The lowest BCUT2D eigenvalue weighted by atomic mass is 10.2. The molecule has 0 atom stereocenters. The Hall–Kier alpha value is -1.11. The number of morpholine rings is 1. The zero-order valence-electron chi connectivity index (χ0n) is 13.5. The van der Waals surface area contributed by atoms with Gasteiger partial charge >= 0.3 is 0 Å². The Morgan fingerprint density at radius 3 is 2.91 bits per heavy atom. The summed E-state index contributed by atoms with van der Waals surface area (Å²) in [6.07, 6.45) is 2.39. The molecule has 1 aliphatic heterocycles. The van der Waals surface area contributed by atoms with Crippen molar-refractivity contribution < 1.29 is 4.74 Å². The maximum absolute atomic E-state index is 5.37. The summed E-state index contributed by atoms with van der Waals surface area (Å²) in [6.45, 7) is 9.82. The molecule has 0 aromatic carbocycles. The van der Waals surface area contributed by atoms with Crippen molar-refractivity contribution in [2.24, 2.45) is 4.99 Å². The van der Waals surface area contributed by atoms with Gasteiger partial charge in [0.1, 0.15) is 0 Å². The van der Waals surface area contributed by atoms with Crippen molar-refractivity contribution in [1.82, 2.24) is 15.5 Å². The van der Waals surface area contributed by atoms with E-state index in [1.165, 1.54) is 24.9 Å². The summed E-state index contributed by atoms with van der Waals surface area (Å²) in [4.78, 5) is 7.10. The molecule has 1 aliphatic rings. The Bertz CT molecular complexity index is 416. The fraction of sp³-hybridized carbons (Fsp3) is 0.688. The van der Waals surface area contributed by atoms with Crippen LogP contribution in [-0.4, -0.2) is 56.8 Å². The van der Waals surface area contributed by atoms with Crippen LogP contribution in [0.1, 0.15) is 25.3 Å². The second kappa shape index (κ2) is 10.6. The van der Waals surface area contributed by atoms with Gasteiger partial charge in [-0.25, -0.2) is 4.99 Å². The summed E-state index contributed by atoms with van der Waals surface area (Å²) in [5.41, 5.74) is 1.27. The minimum absolute atomic E-state index is 0.743. The second-order valence-corrected chi connectivity index (χ2v) is 6.19. The predicted octanol–water partition coefficient (Wildman–Crippen LogP) is 1.92. The Labute approximate surface area is 137 Å². The van der Waals surface area contributed by atoms with Crippen molar-refractivity contribution >= 4 is 17.3 Å². The van der Waals surface area contributed by atoms with Gasteiger partial charge in [-0.05, 0) is 48.7 Å². The Morgan fingerprint density at radius 1 is 1.32 bits per heavy atom. The smallest absolute Gasteiger partial charge is 0.191 e. The van der Waals surface area contributed by atoms with E-state index in [-0.39, 0.29) is 0 Å². The number of hydrogen-bond acceptors (Lipinski definition) is 4. The van der Waals surface area contributed by atoms with Crippen molar-refractivity contribution in [3.05, 3.63) is 22.4 Å². The van der Waals surface area contributed by atoms with Crippen LogP contribution in [0, 0.1) is 0 Å². The van der Waals surface area contributed by atoms with Gasteiger partial charge in [0.05, 0.1) is 19.8 Å². The SMILES string of the molecule is CCNC(=NCc1ccsc1)NCCCCN1CCOCC1. The van der Waals surface area contributed by atoms with Crippen molar-refractivity contribution in [1.29, 1.82) is 0 Å². The molecule has 0 unspecified atom stereocenters. The van der Waals surface area contributed by atoms with Crippen LogP contribution in [0.3, 0.4) is 0 Å². The van der Waals surface area contributed by atoms with Gasteiger partial charge in [-0.1, -0.05) is 0 Å². The predicted molar refractivity (Wildman–Crippen MR) is 93.6 cm³/mol. The third-order valence-corrected chi connectivity index (χ3v) is 4.37. The van der Waals surface area contributed by atoms with Crippen LogP contribution in [0.25, 0.3) is 0 Å². The third-order valence-electron chi connectivity index (χ3n) is 3.64. The van der Waals surface area contributed by atoms with E-state index in [9.17, 15) is 0 Å². The highest BCUT2D eigenvalue weighted by Crippen LogP contribution is 2.06. The second-order valence-electron chi connectivity index (χ2n) is 5.41. The number of nitrogens with zero attached hydrogens (tertiary/aromatic N) is 2. The largest absolute Gasteiger partial charge is 0.379 e. The molecule has 124 valence electrons. The van der Waals surface area contributed by atoms with Crippen molar-refractivity contribution in [3.63, 3.8) is 0 Å². The van der Waals surface area contributed by atoms with Crippen LogP contribution < -0.4 is 10.6 Å². The number of unbranched alkanes of at least 4 members (excludes halogenated alkanes) is 1. The monoisotopic (exact) mass is 324 g/mol. The number of aliphatic imine (C=N–C) groups is 1. The van der Waals surface area contributed by atoms with E-state index >= 15 is 0 Å². The summed E-state index contributed by atoms with van der Waals surface area (Å²) < 4.78 is 5.37. The normalized spacial score (nSPS) is 16.7. The summed E-state index contributed by atoms with van der Waals surface area (Å²) in [7, 11) is 0. The van der Waals surface area contributed by atoms with Gasteiger partial charge < -0.3 is 15.4 Å². The maximum Gasteiger partial charge on any atom is 0.191 e. The lowest BCUT2D eigenvalue weighted by Crippen LogP contribution is -2.39. The molecule has 1 aromatic heterocycles. The molecule has 0 aliphatic carbocycles. The number of guanidine groups is 1. The summed E-state index contributed by atoms with van der Waals surface area (Å²) >= 11 is 1.72. The molecule has 0 amide bonds. The van der Waals surface area contributed by atoms with Crippen molar-refractivity contribution in [2.75, 3.05) is 45.9 Å². The average molecular weight is 324 g/mol. The zero-order chi connectivity index (χ0) is 15.5. The topological polar surface area (TPSA) is 48.9 Å². The first-order valence-corrected chi connectivity index (χ1v) is 9.16. The summed E-state index contributed by atoms with van der Waals surface area (Å²) in [5, 5.41) is 11.0. The van der Waals surface area contributed by atoms with Gasteiger partial charge in [0.25, 0.3) is 0 Å². The quantitative estimate of drug-likeness (QED) is 0.436. The van der Waals surface area contributed by atoms with Crippen LogP contribution in [0.4, 0.5) is 0 Å². The maximum atomic E-state index is 5.37. The van der Waals surface area contributed by atoms with Crippen LogP contribution in [0.2, 0.25) is 0 Å². The highest BCUT2D eigenvalue weighted by atomic mass is 32.1. The number of hydrogen-bond donors (Lipinski definition) is 2. The fourth-order valence-electron chi connectivity index (χ4n) is 2.39. The molecule has 0 spiro atoms. The number of nitrogens with one attached hydrogen (secondary N) is 2. The van der Waals surface area contributed by atoms with E-state index in [2.05, 4.69) is 44.3 Å². The molecule has 1 fully saturated rings. The van der Waals surface area contributed by atoms with E-state index < -0.39 is 0 Å². The Morgan fingerprint density at radius 2 is 2.18 bits per heavy atom. The average Bonchev–Trinajstić information content (AvgIpc) is 3.06. The summed E-state index contributed by atoms with van der Waals surface area (Å²) in [6, 6.07) is 2.13. The highest BCUT2D eigenvalue weighted by molar-refractivity contribution is 7.07. The van der Waals surface area contributed by atoms with Crippen molar-refractivity contribution in [2.45, 2.75) is 26.3 Å². The molecule has 1 saturated heterocycles. The standard InChI is InChI=1S/C16H28N4OS/c1-2-17-16(19-13-15-5-12-22-14-15)18-6-3-4-7-20-8-10-21-11-9-20/h5,12,14H,2-4,6-11,13H2,1H3,(H2,17,18,19). The van der Waals surface area contributed by atoms with E-state index in [4.69, 9.17) is 4.74 Å². The molecule has 6 heteroatoms. The van der Waals surface area contributed by atoms with Crippen LogP contribution in [-0.2, 0) is 11.3 Å². The van der Waals surface area contributed by atoms with Gasteiger partial charge in [0.15, 0.2) is 5.96 Å². The molecule has 2 rings (SSSR count). The molecular weight excluding hydrogens is 296 g/mol. The Balaban J connectivity index is 1.60. The number of rotatable bonds is 8. The Kier molecular flexibility index (Phi) is 8.30. The van der Waals surface area contributed by atoms with Gasteiger partial charge in [-0.15, -0.1) is 0 Å². The minimum atomic E-state index is 0.743. The first kappa shape index (κ1) is 17.2. The highest BCUT2D eigenvalue weighted by Gasteiger charge is 2.08. The molecule has 5 nitrogen and oxygen atoms in total. The first-order valence-electron chi connectivity index (χ1n) is 8.22. The van der Waals surface area contributed by atoms with Crippen LogP contribution in [0.5, 0.6) is 0 Å². The minimum Gasteiger partial charge on any atom is -0.379 e. The van der Waals surface area contributed by atoms with E-state index in [1.807, 2.05) is 0 Å². The summed E-state index contributed by atoms with van der Waals surface area (Å²) in [5.74, 6) is 0.917. The first-order chi connectivity index (χ1) is 10.9. The van der Waals surface area contributed by atoms with Crippen LogP contribution in [0.15, 0.2) is 21.8 Å². The number of ether oxygens (including phenoxy) is 1. The van der Waals surface area contributed by atoms with Crippen molar-refractivity contribution in [3.8, 4) is 0 Å². The lowest BCUT2D eigenvalue weighted by molar-refractivity contribution is 0.0372. The molecule has 2 heterocycles. The molecule has 0 saturated carbocycles. The van der Waals surface area contributed by atoms with E-state index in [0.717, 1.165) is 51.9 Å². The lowest BCUT2D eigenvalue weighted by Gasteiger charge is -2.26. The number of thiophene rings is 1. The van der Waals surface area contributed by atoms with Gasteiger partial charge in [0, 0.05) is 26.2 Å². The molecule has 22 heavy (non-hydrogen) atoms. The molecular formula is C16H28N4OS. The fourth-order valence-corrected chi connectivity index (χ4v) is 3.05. The molecule has 0 bridgehead atoms. The van der Waals surface area contributed by atoms with Gasteiger partial charge in [0.2, 0.25) is 0 Å². The molecule has 0 radical (unpaired) electrons.